The molecule has 0 saturated heterocycles. The van der Waals surface area contributed by atoms with Crippen molar-refractivity contribution in [2.45, 2.75) is 37.8 Å². The Labute approximate surface area is 172 Å². The van der Waals surface area contributed by atoms with Crippen molar-refractivity contribution < 1.29 is 18.4 Å². The number of amides is 1. The van der Waals surface area contributed by atoms with Gasteiger partial charge in [-0.3, -0.25) is 14.6 Å². The van der Waals surface area contributed by atoms with E-state index < -0.39 is 23.1 Å². The van der Waals surface area contributed by atoms with E-state index in [9.17, 15) is 18.4 Å². The molecular formula is C22H19ClF2N2O2. The van der Waals surface area contributed by atoms with Gasteiger partial charge in [0.1, 0.15) is 23.0 Å². The molecule has 1 heterocycles. The fraction of sp³-hybridized carbons (Fsp3) is 0.318. The number of carbonyl (C=O) groups is 2. The average molecular weight is 417 g/mol. The van der Waals surface area contributed by atoms with Crippen molar-refractivity contribution in [3.05, 3.63) is 70.2 Å². The van der Waals surface area contributed by atoms with E-state index >= 15 is 0 Å². The summed E-state index contributed by atoms with van der Waals surface area (Å²) < 4.78 is 27.1. The van der Waals surface area contributed by atoms with Gasteiger partial charge in [0.25, 0.3) is 5.91 Å². The van der Waals surface area contributed by atoms with Crippen molar-refractivity contribution in [3.8, 4) is 0 Å². The highest BCUT2D eigenvalue weighted by atomic mass is 35.5. The number of hydrogen-bond donors (Lipinski definition) is 0. The predicted octanol–water partition coefficient (Wildman–Crippen LogP) is 4.79. The zero-order chi connectivity index (χ0) is 20.6. The fourth-order valence-corrected chi connectivity index (χ4v) is 4.22. The van der Waals surface area contributed by atoms with Gasteiger partial charge in [-0.2, -0.15) is 0 Å². The number of Topliss-reactive ketones (excluding diaryl/α,β-unsaturated/α-hetero) is 1. The molecule has 1 spiro atoms. The van der Waals surface area contributed by atoms with Crippen LogP contribution in [0.5, 0.6) is 0 Å². The highest BCUT2D eigenvalue weighted by Crippen LogP contribution is 2.39. The topological polar surface area (TPSA) is 49.7 Å². The Morgan fingerprint density at radius 2 is 1.66 bits per heavy atom. The molecule has 0 radical (unpaired) electrons. The zero-order valence-electron chi connectivity index (χ0n) is 15.6. The molecule has 4 nitrogen and oxygen atoms in total. The van der Waals surface area contributed by atoms with Gasteiger partial charge in [0.15, 0.2) is 5.78 Å². The zero-order valence-corrected chi connectivity index (χ0v) is 16.4. The third-order valence-electron chi connectivity index (χ3n) is 5.53. The molecule has 2 aromatic carbocycles. The van der Waals surface area contributed by atoms with E-state index in [0.29, 0.717) is 35.2 Å². The number of benzene rings is 2. The predicted molar refractivity (Wildman–Crippen MR) is 106 cm³/mol. The number of ketones is 1. The summed E-state index contributed by atoms with van der Waals surface area (Å²) in [6.45, 7) is -0.275. The van der Waals surface area contributed by atoms with Crippen molar-refractivity contribution in [1.82, 2.24) is 4.90 Å². The number of rotatable bonds is 4. The first-order valence-corrected chi connectivity index (χ1v) is 9.93. The Kier molecular flexibility index (Phi) is 5.21. The van der Waals surface area contributed by atoms with Gasteiger partial charge >= 0.3 is 0 Å². The fourth-order valence-electron chi connectivity index (χ4n) is 4.10. The average Bonchev–Trinajstić information content (AvgIpc) is 2.94. The molecule has 0 atom stereocenters. The van der Waals surface area contributed by atoms with Crippen LogP contribution in [0.3, 0.4) is 0 Å². The molecule has 1 fully saturated rings. The van der Waals surface area contributed by atoms with Gasteiger partial charge in [-0.1, -0.05) is 30.2 Å². The number of carbonyl (C=O) groups excluding carboxylic acids is 2. The Hall–Kier alpha value is -2.60. The van der Waals surface area contributed by atoms with Crippen molar-refractivity contribution in [2.75, 3.05) is 6.54 Å². The molecule has 0 unspecified atom stereocenters. The molecule has 4 rings (SSSR count). The highest BCUT2D eigenvalue weighted by Gasteiger charge is 2.48. The van der Waals surface area contributed by atoms with Crippen LogP contribution in [-0.4, -0.2) is 34.5 Å². The van der Waals surface area contributed by atoms with E-state index in [4.69, 9.17) is 16.6 Å². The maximum atomic E-state index is 13.5. The van der Waals surface area contributed by atoms with E-state index in [2.05, 4.69) is 0 Å². The molecule has 2 aromatic rings. The highest BCUT2D eigenvalue weighted by molar-refractivity contribution is 6.47. The summed E-state index contributed by atoms with van der Waals surface area (Å²) in [4.78, 5) is 32.2. The summed E-state index contributed by atoms with van der Waals surface area (Å²) in [5.74, 6) is -2.52. The molecular weight excluding hydrogens is 398 g/mol. The van der Waals surface area contributed by atoms with Crippen molar-refractivity contribution in [3.63, 3.8) is 0 Å². The minimum Gasteiger partial charge on any atom is -0.305 e. The van der Waals surface area contributed by atoms with Gasteiger partial charge in [0.05, 0.1) is 6.54 Å². The summed E-state index contributed by atoms with van der Waals surface area (Å²) in [5, 5.41) is 0.548. The van der Waals surface area contributed by atoms with Gasteiger partial charge in [0.2, 0.25) is 0 Å². The molecule has 0 aromatic heterocycles. The molecule has 2 aliphatic rings. The molecule has 1 aliphatic carbocycles. The maximum absolute atomic E-state index is 13.5. The molecule has 29 heavy (non-hydrogen) atoms. The number of halogens is 3. The Bertz CT molecular complexity index is 978. The van der Waals surface area contributed by atoms with Crippen LogP contribution in [0.2, 0.25) is 5.02 Å². The van der Waals surface area contributed by atoms with Crippen LogP contribution in [0.15, 0.2) is 47.5 Å². The lowest BCUT2D eigenvalue weighted by molar-refractivity contribution is -0.128. The summed E-state index contributed by atoms with van der Waals surface area (Å²) in [6, 6.07) is 9.50. The van der Waals surface area contributed by atoms with Gasteiger partial charge in [-0.05, 0) is 49.9 Å². The lowest BCUT2D eigenvalue weighted by Gasteiger charge is -2.38. The van der Waals surface area contributed by atoms with Gasteiger partial charge in [0, 0.05) is 22.2 Å². The minimum absolute atomic E-state index is 0.0961. The third-order valence-corrected chi connectivity index (χ3v) is 5.78. The number of aliphatic imine (C=N–C) groups is 1. The van der Waals surface area contributed by atoms with E-state index in [-0.39, 0.29) is 18.0 Å². The maximum Gasteiger partial charge on any atom is 0.275 e. The number of hydrogen-bond acceptors (Lipinski definition) is 3. The first-order valence-electron chi connectivity index (χ1n) is 9.55. The van der Waals surface area contributed by atoms with Crippen LogP contribution in [0.25, 0.3) is 0 Å². The Morgan fingerprint density at radius 3 is 2.28 bits per heavy atom. The standard InChI is InChI=1S/C22H19ClF2N2O2/c23-16-6-4-14(5-7-16)20-21(29)27(22(26-20)8-2-1-3-9-22)13-19(28)15-10-17(24)12-18(25)11-15/h4-7,10-12H,1-3,8-9,13H2. The molecule has 1 aliphatic heterocycles. The van der Waals surface area contributed by atoms with Crippen molar-refractivity contribution in [2.24, 2.45) is 4.99 Å². The van der Waals surface area contributed by atoms with Crippen LogP contribution < -0.4 is 0 Å². The molecule has 0 bridgehead atoms. The minimum atomic E-state index is -0.827. The van der Waals surface area contributed by atoms with Crippen LogP contribution in [0, 0.1) is 11.6 Å². The van der Waals surface area contributed by atoms with Gasteiger partial charge in [-0.15, -0.1) is 0 Å². The molecule has 1 saturated carbocycles. The van der Waals surface area contributed by atoms with Crippen LogP contribution in [0.1, 0.15) is 48.0 Å². The van der Waals surface area contributed by atoms with Gasteiger partial charge < -0.3 is 4.90 Å². The summed E-state index contributed by atoms with van der Waals surface area (Å²) in [6.07, 6.45) is 4.13. The largest absolute Gasteiger partial charge is 0.305 e. The van der Waals surface area contributed by atoms with Crippen LogP contribution in [0.4, 0.5) is 8.78 Å². The quantitative estimate of drug-likeness (QED) is 0.672. The van der Waals surface area contributed by atoms with Crippen LogP contribution in [-0.2, 0) is 4.79 Å². The van der Waals surface area contributed by atoms with E-state index in [1.165, 1.54) is 4.90 Å². The Balaban J connectivity index is 1.67. The number of nitrogens with zero attached hydrogens (tertiary/aromatic N) is 2. The first-order chi connectivity index (χ1) is 13.9. The van der Waals surface area contributed by atoms with E-state index in [0.717, 1.165) is 31.4 Å². The Morgan fingerprint density at radius 1 is 1.03 bits per heavy atom. The van der Waals surface area contributed by atoms with Crippen molar-refractivity contribution >= 4 is 29.0 Å². The second kappa shape index (κ2) is 7.67. The first kappa shape index (κ1) is 19.7. The van der Waals surface area contributed by atoms with Crippen molar-refractivity contribution in [1.29, 1.82) is 0 Å². The molecule has 7 heteroatoms. The summed E-state index contributed by atoms with van der Waals surface area (Å²) in [5.41, 5.74) is 0.0466. The second-order valence-electron chi connectivity index (χ2n) is 7.48. The molecule has 1 amide bonds. The second-order valence-corrected chi connectivity index (χ2v) is 7.92. The smallest absolute Gasteiger partial charge is 0.275 e. The monoisotopic (exact) mass is 416 g/mol. The lowest BCUT2D eigenvalue weighted by Crippen LogP contribution is -2.50. The molecule has 150 valence electrons. The SMILES string of the molecule is O=C(CN1C(=O)C(c2ccc(Cl)cc2)=NC12CCCCC2)c1cc(F)cc(F)c1. The van der Waals surface area contributed by atoms with Crippen LogP contribution >= 0.6 is 11.6 Å². The molecule has 0 N–H and O–H groups in total. The third kappa shape index (κ3) is 3.81. The lowest BCUT2D eigenvalue weighted by atomic mass is 9.88. The summed E-state index contributed by atoms with van der Waals surface area (Å²) >= 11 is 5.95. The normalized spacial score (nSPS) is 18.2. The van der Waals surface area contributed by atoms with E-state index in [1.807, 2.05) is 0 Å². The van der Waals surface area contributed by atoms with E-state index in [1.54, 1.807) is 24.3 Å². The summed E-state index contributed by atoms with van der Waals surface area (Å²) in [7, 11) is 0. The van der Waals surface area contributed by atoms with Gasteiger partial charge in [-0.25, -0.2) is 8.78 Å².